The highest BCUT2D eigenvalue weighted by atomic mass is 16.3. The molecular formula is C39H46O8. The van der Waals surface area contributed by atoms with E-state index in [2.05, 4.69) is 20.8 Å². The highest BCUT2D eigenvalue weighted by Crippen LogP contribution is 2.65. The maximum atomic E-state index is 14.5. The summed E-state index contributed by atoms with van der Waals surface area (Å²) in [6.45, 7) is 14.4. The average Bonchev–Trinajstić information content (AvgIpc) is 2.94. The molecule has 0 aliphatic heterocycles. The van der Waals surface area contributed by atoms with Crippen LogP contribution in [0.5, 0.6) is 5.75 Å². The molecule has 0 radical (unpaired) electrons. The number of rotatable bonds is 7. The van der Waals surface area contributed by atoms with Crippen LogP contribution in [0.2, 0.25) is 0 Å². The lowest BCUT2D eigenvalue weighted by Crippen LogP contribution is -2.69. The molecule has 3 aliphatic rings. The maximum Gasteiger partial charge on any atom is 0.203 e. The Kier molecular flexibility index (Phi) is 8.24. The third-order valence-electron chi connectivity index (χ3n) is 10.7. The zero-order chi connectivity index (χ0) is 35.0. The number of phenols is 1. The molecule has 0 aromatic heterocycles. The standard InChI is InChI=1S/C39H46O8/c1-20(2)30-32(43)28(21(3)40)34(45)39(47)35(46)31-33(44)29-26(18-37(31,7)19-38(30,39)8)25(13-14-27(29)42)23-11-9-22(10-12-23)17-24(41)15-16-36(4,5)6/h9-14,20,30,42,44-45,47H,15-19H2,1-8H3/t30?,37-,38-,39+/m1/s1. The van der Waals surface area contributed by atoms with Crippen molar-refractivity contribution in [1.82, 2.24) is 0 Å². The van der Waals surface area contributed by atoms with Gasteiger partial charge in [-0.2, -0.15) is 0 Å². The second kappa shape index (κ2) is 11.3. The molecule has 8 nitrogen and oxygen atoms in total. The minimum Gasteiger partial charge on any atom is -0.508 e. The number of carbonyl (C=O) groups excluding carboxylic acids is 4. The molecule has 250 valence electrons. The summed E-state index contributed by atoms with van der Waals surface area (Å²) in [7, 11) is 0. The zero-order valence-electron chi connectivity index (χ0n) is 28.6. The number of phenolic OH excluding ortho intramolecular Hbond substituents is 1. The van der Waals surface area contributed by atoms with Gasteiger partial charge in [-0.05, 0) is 65.8 Å². The summed E-state index contributed by atoms with van der Waals surface area (Å²) in [4.78, 5) is 53.4. The Morgan fingerprint density at radius 1 is 0.979 bits per heavy atom. The average molecular weight is 643 g/mol. The number of aliphatic hydroxyl groups is 3. The van der Waals surface area contributed by atoms with Crippen molar-refractivity contribution >= 4 is 28.9 Å². The van der Waals surface area contributed by atoms with E-state index in [0.29, 0.717) is 18.4 Å². The van der Waals surface area contributed by atoms with E-state index in [-0.39, 0.29) is 40.9 Å². The number of ketones is 4. The number of fused-ring (bicyclic) bond motifs is 3. The van der Waals surface area contributed by atoms with E-state index in [1.165, 1.54) is 6.07 Å². The molecule has 5 rings (SSSR count). The predicted octanol–water partition coefficient (Wildman–Crippen LogP) is 6.79. The fourth-order valence-corrected chi connectivity index (χ4v) is 8.62. The Hall–Kier alpha value is -4.04. The van der Waals surface area contributed by atoms with Crippen molar-refractivity contribution in [3.05, 3.63) is 70.0 Å². The van der Waals surface area contributed by atoms with Gasteiger partial charge in [-0.3, -0.25) is 19.2 Å². The molecule has 2 aromatic carbocycles. The maximum absolute atomic E-state index is 14.5. The Labute approximate surface area is 276 Å². The Balaban J connectivity index is 1.62. The lowest BCUT2D eigenvalue weighted by Gasteiger charge is -2.59. The smallest absolute Gasteiger partial charge is 0.203 e. The van der Waals surface area contributed by atoms with Crippen molar-refractivity contribution in [2.24, 2.45) is 28.1 Å². The second-order valence-corrected chi connectivity index (χ2v) is 15.9. The SMILES string of the molecule is CC(=O)C1=C(O)[C@]2(O)C(=O)C3=C(O)c4c(O)ccc(-c5ccc(CC(=O)CCC(C)(C)C)cc5)c4C[C@]3(C)C[C@]2(C)C(C(C)C)C1=O. The topological polar surface area (TPSA) is 149 Å². The van der Waals surface area contributed by atoms with Gasteiger partial charge in [0.05, 0.1) is 5.56 Å². The van der Waals surface area contributed by atoms with Crippen molar-refractivity contribution in [1.29, 1.82) is 0 Å². The van der Waals surface area contributed by atoms with Crippen LogP contribution in [0.15, 0.2) is 53.3 Å². The Morgan fingerprint density at radius 2 is 1.60 bits per heavy atom. The molecule has 1 saturated carbocycles. The lowest BCUT2D eigenvalue weighted by atomic mass is 9.43. The normalized spacial score (nSPS) is 27.5. The van der Waals surface area contributed by atoms with Crippen molar-refractivity contribution in [2.45, 2.75) is 93.1 Å². The minimum absolute atomic E-state index is 0.0234. The van der Waals surface area contributed by atoms with E-state index in [4.69, 9.17) is 0 Å². The fourth-order valence-electron chi connectivity index (χ4n) is 8.62. The predicted molar refractivity (Wildman–Crippen MR) is 179 cm³/mol. The molecule has 1 fully saturated rings. The largest absolute Gasteiger partial charge is 0.508 e. The first-order chi connectivity index (χ1) is 21.7. The molecule has 0 spiro atoms. The van der Waals surface area contributed by atoms with Gasteiger partial charge in [-0.15, -0.1) is 0 Å². The molecule has 1 unspecified atom stereocenters. The van der Waals surface area contributed by atoms with Crippen molar-refractivity contribution in [3.8, 4) is 16.9 Å². The van der Waals surface area contributed by atoms with Crippen LogP contribution in [0, 0.1) is 28.1 Å². The van der Waals surface area contributed by atoms with Crippen LogP contribution in [0.1, 0.15) is 91.3 Å². The van der Waals surface area contributed by atoms with E-state index in [0.717, 1.165) is 30.0 Å². The van der Waals surface area contributed by atoms with Gasteiger partial charge < -0.3 is 20.4 Å². The number of allylic oxidation sites excluding steroid dienone is 1. The summed E-state index contributed by atoms with van der Waals surface area (Å²) >= 11 is 0. The summed E-state index contributed by atoms with van der Waals surface area (Å²) in [6.07, 6.45) is 1.83. The van der Waals surface area contributed by atoms with Crippen molar-refractivity contribution in [3.63, 3.8) is 0 Å². The molecule has 0 saturated heterocycles. The number of aliphatic hydroxyl groups excluding tert-OH is 2. The summed E-state index contributed by atoms with van der Waals surface area (Å²) in [5.74, 6) is -5.32. The van der Waals surface area contributed by atoms with E-state index in [9.17, 15) is 39.6 Å². The zero-order valence-corrected chi connectivity index (χ0v) is 28.6. The van der Waals surface area contributed by atoms with E-state index in [1.54, 1.807) is 33.8 Å². The van der Waals surface area contributed by atoms with Gasteiger partial charge in [-0.1, -0.05) is 78.8 Å². The third-order valence-corrected chi connectivity index (χ3v) is 10.7. The molecule has 47 heavy (non-hydrogen) atoms. The second-order valence-electron chi connectivity index (χ2n) is 15.9. The van der Waals surface area contributed by atoms with Gasteiger partial charge in [0.2, 0.25) is 5.78 Å². The third kappa shape index (κ3) is 5.25. The molecule has 0 heterocycles. The number of aromatic hydroxyl groups is 1. The minimum atomic E-state index is -2.65. The Bertz CT molecular complexity index is 1770. The molecule has 2 aromatic rings. The van der Waals surface area contributed by atoms with E-state index >= 15 is 0 Å². The molecule has 4 N–H and O–H groups in total. The van der Waals surface area contributed by atoms with Gasteiger partial charge in [-0.25, -0.2) is 0 Å². The molecule has 3 aliphatic carbocycles. The van der Waals surface area contributed by atoms with Crippen LogP contribution in [-0.2, 0) is 32.0 Å². The van der Waals surface area contributed by atoms with Gasteiger partial charge in [0, 0.05) is 35.2 Å². The number of carbonyl (C=O) groups is 4. The van der Waals surface area contributed by atoms with Gasteiger partial charge in [0.1, 0.15) is 28.6 Å². The Morgan fingerprint density at radius 3 is 2.15 bits per heavy atom. The lowest BCUT2D eigenvalue weighted by molar-refractivity contribution is -0.178. The summed E-state index contributed by atoms with van der Waals surface area (Å²) in [6, 6.07) is 10.8. The van der Waals surface area contributed by atoms with Crippen LogP contribution >= 0.6 is 0 Å². The van der Waals surface area contributed by atoms with Crippen LogP contribution in [0.25, 0.3) is 16.9 Å². The molecule has 0 amide bonds. The summed E-state index contributed by atoms with van der Waals surface area (Å²) < 4.78 is 0. The molecule has 0 bridgehead atoms. The van der Waals surface area contributed by atoms with E-state index < -0.39 is 62.7 Å². The summed E-state index contributed by atoms with van der Waals surface area (Å²) in [5, 5.41) is 46.4. The van der Waals surface area contributed by atoms with Gasteiger partial charge >= 0.3 is 0 Å². The van der Waals surface area contributed by atoms with E-state index in [1.807, 2.05) is 24.3 Å². The van der Waals surface area contributed by atoms with Gasteiger partial charge in [0.25, 0.3) is 0 Å². The first-order valence-corrected chi connectivity index (χ1v) is 16.3. The quantitative estimate of drug-likeness (QED) is 0.241. The van der Waals surface area contributed by atoms with Crippen LogP contribution in [0.3, 0.4) is 0 Å². The number of Topliss-reactive ketones (excluding diaryl/α,β-unsaturated/α-hetero) is 4. The number of hydrogen-bond donors (Lipinski definition) is 4. The van der Waals surface area contributed by atoms with Crippen LogP contribution in [-0.4, -0.2) is 49.2 Å². The van der Waals surface area contributed by atoms with Crippen LogP contribution < -0.4 is 0 Å². The molecular weight excluding hydrogens is 596 g/mol. The van der Waals surface area contributed by atoms with Crippen molar-refractivity contribution < 1.29 is 39.6 Å². The number of hydrogen-bond acceptors (Lipinski definition) is 8. The molecule has 8 heteroatoms. The first kappa shape index (κ1) is 34.3. The summed E-state index contributed by atoms with van der Waals surface area (Å²) in [5.41, 5.74) is -2.93. The highest BCUT2D eigenvalue weighted by Gasteiger charge is 2.72. The molecule has 4 atom stereocenters. The fraction of sp³-hybridized carbons (Fsp3) is 0.487. The first-order valence-electron chi connectivity index (χ1n) is 16.3. The monoisotopic (exact) mass is 642 g/mol. The van der Waals surface area contributed by atoms with Crippen LogP contribution in [0.4, 0.5) is 0 Å². The van der Waals surface area contributed by atoms with Crippen molar-refractivity contribution in [2.75, 3.05) is 0 Å². The number of benzene rings is 2. The van der Waals surface area contributed by atoms with Gasteiger partial charge in [0.15, 0.2) is 17.2 Å². The highest BCUT2D eigenvalue weighted by molar-refractivity contribution is 6.24.